The fourth-order valence-electron chi connectivity index (χ4n) is 2.53. The van der Waals surface area contributed by atoms with Gasteiger partial charge < -0.3 is 0 Å². The van der Waals surface area contributed by atoms with Crippen molar-refractivity contribution >= 4 is 40.5 Å². The fourth-order valence-corrected chi connectivity index (χ4v) is 2.77. The third-order valence-corrected chi connectivity index (χ3v) is 4.12. The van der Waals surface area contributed by atoms with Crippen molar-refractivity contribution < 1.29 is 9.59 Å². The Labute approximate surface area is 139 Å². The van der Waals surface area contributed by atoms with E-state index in [1.807, 2.05) is 37.3 Å². The average molecular weight is 327 g/mol. The van der Waals surface area contributed by atoms with Crippen molar-refractivity contribution in [1.82, 2.24) is 0 Å². The van der Waals surface area contributed by atoms with E-state index in [1.54, 1.807) is 24.3 Å². The van der Waals surface area contributed by atoms with Crippen molar-refractivity contribution in [2.45, 2.75) is 18.7 Å². The summed E-state index contributed by atoms with van der Waals surface area (Å²) in [7, 11) is 0. The van der Waals surface area contributed by atoms with Gasteiger partial charge in [-0.2, -0.15) is 0 Å². The molecule has 2 aromatic rings. The maximum atomic E-state index is 12.6. The zero-order valence-corrected chi connectivity index (χ0v) is 13.3. The van der Waals surface area contributed by atoms with Crippen molar-refractivity contribution in [2.75, 3.05) is 4.90 Å². The second-order valence-electron chi connectivity index (χ2n) is 5.16. The molecule has 4 nitrogen and oxygen atoms in total. The van der Waals surface area contributed by atoms with E-state index in [2.05, 4.69) is 4.99 Å². The third-order valence-electron chi connectivity index (χ3n) is 3.73. The van der Waals surface area contributed by atoms with Crippen LogP contribution >= 0.6 is 11.6 Å². The standard InChI is InChI=1S/C18H15ClN2O2/c1-2-12-8-6-7-11-14(12)20-16-15(19)17(22)21(18(16)23)13-9-4-3-5-10-13/h3-11,15H,2H2,1H3. The van der Waals surface area contributed by atoms with Crippen LogP contribution in [-0.4, -0.2) is 22.9 Å². The van der Waals surface area contributed by atoms with E-state index in [1.165, 1.54) is 0 Å². The van der Waals surface area contributed by atoms with Crippen molar-refractivity contribution in [1.29, 1.82) is 0 Å². The van der Waals surface area contributed by atoms with Gasteiger partial charge in [0, 0.05) is 0 Å². The van der Waals surface area contributed by atoms with Gasteiger partial charge in [0.05, 0.1) is 11.4 Å². The lowest BCUT2D eigenvalue weighted by molar-refractivity contribution is -0.120. The molecule has 23 heavy (non-hydrogen) atoms. The molecule has 0 bridgehead atoms. The number of aliphatic imine (C=N–C) groups is 1. The molecule has 3 rings (SSSR count). The summed E-state index contributed by atoms with van der Waals surface area (Å²) in [5, 5.41) is -1.06. The highest BCUT2D eigenvalue weighted by molar-refractivity contribution is 6.68. The van der Waals surface area contributed by atoms with Crippen LogP contribution in [0.25, 0.3) is 0 Å². The molecule has 0 radical (unpaired) electrons. The number of amides is 2. The first kappa shape index (κ1) is 15.4. The van der Waals surface area contributed by atoms with E-state index >= 15 is 0 Å². The van der Waals surface area contributed by atoms with Gasteiger partial charge in [-0.1, -0.05) is 43.3 Å². The number of hydrogen-bond acceptors (Lipinski definition) is 3. The number of rotatable bonds is 3. The van der Waals surface area contributed by atoms with E-state index in [0.29, 0.717) is 11.4 Å². The van der Waals surface area contributed by atoms with Crippen molar-refractivity contribution in [2.24, 2.45) is 4.99 Å². The summed E-state index contributed by atoms with van der Waals surface area (Å²) in [4.78, 5) is 30.5. The number of anilines is 1. The van der Waals surface area contributed by atoms with Crippen LogP contribution < -0.4 is 4.90 Å². The lowest BCUT2D eigenvalue weighted by atomic mass is 10.1. The summed E-state index contributed by atoms with van der Waals surface area (Å²) in [6, 6.07) is 16.3. The number of hydrogen-bond donors (Lipinski definition) is 0. The highest BCUT2D eigenvalue weighted by atomic mass is 35.5. The Bertz CT molecular complexity index is 787. The molecule has 5 heteroatoms. The van der Waals surface area contributed by atoms with Crippen LogP contribution in [0.5, 0.6) is 0 Å². The van der Waals surface area contributed by atoms with Crippen LogP contribution in [0.15, 0.2) is 59.6 Å². The minimum Gasteiger partial charge on any atom is -0.272 e. The Kier molecular flexibility index (Phi) is 4.26. The van der Waals surface area contributed by atoms with Crippen molar-refractivity contribution in [3.05, 3.63) is 60.2 Å². The van der Waals surface area contributed by atoms with E-state index in [0.717, 1.165) is 16.9 Å². The number of carbonyl (C=O) groups excluding carboxylic acids is 2. The van der Waals surface area contributed by atoms with Gasteiger partial charge in [-0.3, -0.25) is 9.59 Å². The van der Waals surface area contributed by atoms with Crippen LogP contribution in [0.1, 0.15) is 12.5 Å². The van der Waals surface area contributed by atoms with Crippen LogP contribution in [0.4, 0.5) is 11.4 Å². The van der Waals surface area contributed by atoms with Gasteiger partial charge in [0.1, 0.15) is 5.71 Å². The molecule has 0 N–H and O–H groups in total. The van der Waals surface area contributed by atoms with Gasteiger partial charge in [0.15, 0.2) is 5.38 Å². The minimum atomic E-state index is -1.06. The minimum absolute atomic E-state index is 0.0708. The maximum Gasteiger partial charge on any atom is 0.281 e. The summed E-state index contributed by atoms with van der Waals surface area (Å²) >= 11 is 6.17. The third kappa shape index (κ3) is 2.78. The monoisotopic (exact) mass is 326 g/mol. The molecule has 1 aliphatic heterocycles. The van der Waals surface area contributed by atoms with Crippen LogP contribution in [0, 0.1) is 0 Å². The molecular formula is C18H15ClN2O2. The summed E-state index contributed by atoms with van der Waals surface area (Å²) in [5.41, 5.74) is 2.25. The molecule has 0 aromatic heterocycles. The summed E-state index contributed by atoms with van der Waals surface area (Å²) in [6.45, 7) is 2.01. The zero-order chi connectivity index (χ0) is 16.4. The molecule has 116 valence electrons. The van der Waals surface area contributed by atoms with Gasteiger partial charge in [-0.15, -0.1) is 11.6 Å². The molecule has 0 saturated carbocycles. The molecule has 2 amide bonds. The van der Waals surface area contributed by atoms with Crippen LogP contribution in [-0.2, 0) is 16.0 Å². The van der Waals surface area contributed by atoms with Crippen LogP contribution in [0.2, 0.25) is 0 Å². The predicted octanol–water partition coefficient (Wildman–Crippen LogP) is 3.50. The topological polar surface area (TPSA) is 49.7 Å². The zero-order valence-electron chi connectivity index (χ0n) is 12.6. The molecule has 1 fully saturated rings. The number of para-hydroxylation sites is 2. The lowest BCUT2D eigenvalue weighted by Gasteiger charge is -2.12. The fraction of sp³-hybridized carbons (Fsp3) is 0.167. The van der Waals surface area contributed by atoms with Gasteiger partial charge in [-0.05, 0) is 30.2 Å². The maximum absolute atomic E-state index is 12.6. The average Bonchev–Trinajstić information content (AvgIpc) is 2.80. The molecule has 0 aliphatic carbocycles. The largest absolute Gasteiger partial charge is 0.281 e. The normalized spacial score (nSPS) is 19.7. The van der Waals surface area contributed by atoms with E-state index in [9.17, 15) is 9.59 Å². The summed E-state index contributed by atoms with van der Waals surface area (Å²) < 4.78 is 0. The SMILES string of the molecule is CCc1ccccc1N=C1C(=O)N(c2ccccc2)C(=O)C1Cl. The number of alkyl halides is 1. The first-order valence-electron chi connectivity index (χ1n) is 7.37. The van der Waals surface area contributed by atoms with E-state index < -0.39 is 17.2 Å². The second kappa shape index (κ2) is 6.34. The Morgan fingerprint density at radius 3 is 2.39 bits per heavy atom. The first-order chi connectivity index (χ1) is 11.1. The second-order valence-corrected chi connectivity index (χ2v) is 5.59. The molecule has 1 saturated heterocycles. The molecule has 0 spiro atoms. The smallest absolute Gasteiger partial charge is 0.272 e. The van der Waals surface area contributed by atoms with Gasteiger partial charge in [0.2, 0.25) is 0 Å². The molecular weight excluding hydrogens is 312 g/mol. The van der Waals surface area contributed by atoms with E-state index in [-0.39, 0.29) is 5.71 Å². The van der Waals surface area contributed by atoms with E-state index in [4.69, 9.17) is 11.6 Å². The number of carbonyl (C=O) groups is 2. The predicted molar refractivity (Wildman–Crippen MR) is 91.5 cm³/mol. The number of halogens is 1. The lowest BCUT2D eigenvalue weighted by Crippen LogP contribution is -2.31. The molecule has 1 aliphatic rings. The van der Waals surface area contributed by atoms with Gasteiger partial charge >= 0.3 is 0 Å². The Hall–Kier alpha value is -2.46. The quantitative estimate of drug-likeness (QED) is 0.640. The number of nitrogens with zero attached hydrogens (tertiary/aromatic N) is 2. The number of imide groups is 1. The van der Waals surface area contributed by atoms with Gasteiger partial charge in [-0.25, -0.2) is 9.89 Å². The molecule has 1 atom stereocenters. The number of aryl methyl sites for hydroxylation is 1. The molecule has 1 heterocycles. The summed E-state index contributed by atoms with van der Waals surface area (Å²) in [6.07, 6.45) is 0.782. The molecule has 1 unspecified atom stereocenters. The summed E-state index contributed by atoms with van der Waals surface area (Å²) in [5.74, 6) is -0.928. The number of benzene rings is 2. The van der Waals surface area contributed by atoms with Crippen molar-refractivity contribution in [3.63, 3.8) is 0 Å². The highest BCUT2D eigenvalue weighted by Gasteiger charge is 2.44. The van der Waals surface area contributed by atoms with Crippen molar-refractivity contribution in [3.8, 4) is 0 Å². The van der Waals surface area contributed by atoms with Gasteiger partial charge in [0.25, 0.3) is 11.8 Å². The Balaban J connectivity index is 2.03. The Morgan fingerprint density at radius 1 is 1.04 bits per heavy atom. The first-order valence-corrected chi connectivity index (χ1v) is 7.81. The molecule has 2 aromatic carbocycles. The van der Waals surface area contributed by atoms with Crippen LogP contribution in [0.3, 0.4) is 0 Å². The Morgan fingerprint density at radius 2 is 1.70 bits per heavy atom. The highest BCUT2D eigenvalue weighted by Crippen LogP contribution is 2.27.